The standard InChI is InChI=1S/C13H12ClNO2/c1-15(13(16)11-6-7-17-9-11)8-10-2-4-12(14)5-3-10/h2-7,9H,8H2,1H3. The van der Waals surface area contributed by atoms with Crippen molar-refractivity contribution in [2.75, 3.05) is 7.05 Å². The Morgan fingerprint density at radius 2 is 2.00 bits per heavy atom. The zero-order valence-corrected chi connectivity index (χ0v) is 10.1. The summed E-state index contributed by atoms with van der Waals surface area (Å²) in [5.74, 6) is -0.0614. The van der Waals surface area contributed by atoms with Crippen molar-refractivity contribution in [2.24, 2.45) is 0 Å². The van der Waals surface area contributed by atoms with Crippen molar-refractivity contribution in [1.82, 2.24) is 4.90 Å². The van der Waals surface area contributed by atoms with E-state index in [2.05, 4.69) is 0 Å². The molecule has 2 aromatic rings. The highest BCUT2D eigenvalue weighted by atomic mass is 35.5. The van der Waals surface area contributed by atoms with E-state index in [0.29, 0.717) is 17.1 Å². The summed E-state index contributed by atoms with van der Waals surface area (Å²) >= 11 is 5.80. The number of hydrogen-bond acceptors (Lipinski definition) is 2. The van der Waals surface area contributed by atoms with Gasteiger partial charge in [0.15, 0.2) is 0 Å². The van der Waals surface area contributed by atoms with E-state index in [4.69, 9.17) is 16.0 Å². The van der Waals surface area contributed by atoms with E-state index in [1.165, 1.54) is 12.5 Å². The summed E-state index contributed by atoms with van der Waals surface area (Å²) in [6.07, 6.45) is 2.93. The first kappa shape index (κ1) is 11.7. The molecule has 0 atom stereocenters. The molecule has 0 aliphatic carbocycles. The number of carbonyl (C=O) groups is 1. The minimum absolute atomic E-state index is 0.0614. The fourth-order valence-corrected chi connectivity index (χ4v) is 1.67. The molecule has 0 unspecified atom stereocenters. The molecule has 1 heterocycles. The molecule has 0 saturated carbocycles. The summed E-state index contributed by atoms with van der Waals surface area (Å²) in [7, 11) is 1.75. The van der Waals surface area contributed by atoms with Gasteiger partial charge >= 0.3 is 0 Å². The smallest absolute Gasteiger partial charge is 0.257 e. The van der Waals surface area contributed by atoms with E-state index in [9.17, 15) is 4.79 Å². The van der Waals surface area contributed by atoms with Crippen LogP contribution in [0.2, 0.25) is 5.02 Å². The second-order valence-corrected chi connectivity index (χ2v) is 4.24. The Hall–Kier alpha value is -1.74. The van der Waals surface area contributed by atoms with Gasteiger partial charge in [-0.15, -0.1) is 0 Å². The van der Waals surface area contributed by atoms with Gasteiger partial charge < -0.3 is 9.32 Å². The monoisotopic (exact) mass is 249 g/mol. The van der Waals surface area contributed by atoms with E-state index < -0.39 is 0 Å². The number of rotatable bonds is 3. The van der Waals surface area contributed by atoms with Gasteiger partial charge in [0.05, 0.1) is 11.8 Å². The Labute approximate surface area is 105 Å². The minimum Gasteiger partial charge on any atom is -0.472 e. The van der Waals surface area contributed by atoms with E-state index in [0.717, 1.165) is 5.56 Å². The van der Waals surface area contributed by atoms with Crippen molar-refractivity contribution >= 4 is 17.5 Å². The molecule has 4 heteroatoms. The third-order valence-electron chi connectivity index (χ3n) is 2.45. The predicted molar refractivity (Wildman–Crippen MR) is 66.0 cm³/mol. The molecule has 0 fully saturated rings. The molecule has 88 valence electrons. The van der Waals surface area contributed by atoms with Crippen molar-refractivity contribution in [3.8, 4) is 0 Å². The highest BCUT2D eigenvalue weighted by Gasteiger charge is 2.12. The topological polar surface area (TPSA) is 33.5 Å². The number of benzene rings is 1. The van der Waals surface area contributed by atoms with E-state index in [1.54, 1.807) is 18.0 Å². The van der Waals surface area contributed by atoms with Crippen molar-refractivity contribution in [1.29, 1.82) is 0 Å². The van der Waals surface area contributed by atoms with Gasteiger partial charge in [-0.1, -0.05) is 23.7 Å². The van der Waals surface area contributed by atoms with Crippen LogP contribution in [0, 0.1) is 0 Å². The average molecular weight is 250 g/mol. The highest BCUT2D eigenvalue weighted by molar-refractivity contribution is 6.30. The lowest BCUT2D eigenvalue weighted by molar-refractivity contribution is 0.0784. The van der Waals surface area contributed by atoms with Crippen LogP contribution in [0.15, 0.2) is 47.3 Å². The number of halogens is 1. The third-order valence-corrected chi connectivity index (χ3v) is 2.70. The second kappa shape index (κ2) is 5.06. The van der Waals surface area contributed by atoms with Crippen LogP contribution in [0.3, 0.4) is 0 Å². The van der Waals surface area contributed by atoms with Gasteiger partial charge in [0.25, 0.3) is 5.91 Å². The molecule has 0 bridgehead atoms. The lowest BCUT2D eigenvalue weighted by Crippen LogP contribution is -2.25. The van der Waals surface area contributed by atoms with Gasteiger partial charge in [0.2, 0.25) is 0 Å². The SMILES string of the molecule is CN(Cc1ccc(Cl)cc1)C(=O)c1ccoc1. The number of hydrogen-bond donors (Lipinski definition) is 0. The van der Waals surface area contributed by atoms with Crippen LogP contribution in [-0.2, 0) is 6.54 Å². The van der Waals surface area contributed by atoms with Crippen molar-refractivity contribution < 1.29 is 9.21 Å². The van der Waals surface area contributed by atoms with Crippen LogP contribution < -0.4 is 0 Å². The lowest BCUT2D eigenvalue weighted by Gasteiger charge is -2.16. The Balaban J connectivity index is 2.04. The van der Waals surface area contributed by atoms with Crippen LogP contribution in [0.5, 0.6) is 0 Å². The van der Waals surface area contributed by atoms with Crippen molar-refractivity contribution in [3.05, 3.63) is 59.0 Å². The van der Waals surface area contributed by atoms with Crippen LogP contribution in [0.4, 0.5) is 0 Å². The number of carbonyl (C=O) groups excluding carboxylic acids is 1. The summed E-state index contributed by atoms with van der Waals surface area (Å²) in [5, 5.41) is 0.692. The summed E-state index contributed by atoms with van der Waals surface area (Å²) in [6, 6.07) is 9.09. The molecule has 0 saturated heterocycles. The molecule has 2 rings (SSSR count). The molecule has 1 amide bonds. The van der Waals surface area contributed by atoms with Gasteiger partial charge in [0.1, 0.15) is 6.26 Å². The van der Waals surface area contributed by atoms with E-state index in [1.807, 2.05) is 24.3 Å². The molecule has 0 radical (unpaired) electrons. The first-order chi connectivity index (χ1) is 8.16. The molecule has 0 spiro atoms. The maximum absolute atomic E-state index is 11.9. The van der Waals surface area contributed by atoms with Crippen LogP contribution in [-0.4, -0.2) is 17.9 Å². The summed E-state index contributed by atoms with van der Waals surface area (Å²) in [6.45, 7) is 0.543. The van der Waals surface area contributed by atoms with Crippen molar-refractivity contribution in [3.63, 3.8) is 0 Å². The molecule has 1 aromatic heterocycles. The predicted octanol–water partition coefficient (Wildman–Crippen LogP) is 3.21. The van der Waals surface area contributed by atoms with Gasteiger partial charge in [-0.3, -0.25) is 4.79 Å². The molecule has 3 nitrogen and oxygen atoms in total. The molecule has 0 aliphatic heterocycles. The fourth-order valence-electron chi connectivity index (χ4n) is 1.54. The summed E-state index contributed by atoms with van der Waals surface area (Å²) in [5.41, 5.74) is 1.59. The number of amides is 1. The van der Waals surface area contributed by atoms with Crippen molar-refractivity contribution in [2.45, 2.75) is 6.54 Å². The first-order valence-electron chi connectivity index (χ1n) is 5.19. The highest BCUT2D eigenvalue weighted by Crippen LogP contribution is 2.12. The van der Waals surface area contributed by atoms with Crippen LogP contribution >= 0.6 is 11.6 Å². The van der Waals surface area contributed by atoms with Crippen LogP contribution in [0.25, 0.3) is 0 Å². The largest absolute Gasteiger partial charge is 0.472 e. The maximum Gasteiger partial charge on any atom is 0.257 e. The first-order valence-corrected chi connectivity index (χ1v) is 5.57. The van der Waals surface area contributed by atoms with Gasteiger partial charge in [-0.2, -0.15) is 0 Å². The quantitative estimate of drug-likeness (QED) is 0.837. The average Bonchev–Trinajstić information content (AvgIpc) is 2.84. The lowest BCUT2D eigenvalue weighted by atomic mass is 10.2. The molecule has 0 aliphatic rings. The normalized spacial score (nSPS) is 10.2. The zero-order chi connectivity index (χ0) is 12.3. The molecule has 1 aromatic carbocycles. The van der Waals surface area contributed by atoms with Gasteiger partial charge in [0, 0.05) is 18.6 Å². The van der Waals surface area contributed by atoms with E-state index >= 15 is 0 Å². The Morgan fingerprint density at radius 1 is 1.29 bits per heavy atom. The Morgan fingerprint density at radius 3 is 2.59 bits per heavy atom. The molecular formula is C13H12ClNO2. The van der Waals surface area contributed by atoms with Gasteiger partial charge in [-0.05, 0) is 23.8 Å². The molecular weight excluding hydrogens is 238 g/mol. The number of nitrogens with zero attached hydrogens (tertiary/aromatic N) is 1. The number of furan rings is 1. The Kier molecular flexibility index (Phi) is 3.49. The summed E-state index contributed by atoms with van der Waals surface area (Å²) in [4.78, 5) is 13.5. The van der Waals surface area contributed by atoms with Crippen LogP contribution in [0.1, 0.15) is 15.9 Å². The van der Waals surface area contributed by atoms with Gasteiger partial charge in [-0.25, -0.2) is 0 Å². The maximum atomic E-state index is 11.9. The third kappa shape index (κ3) is 2.88. The zero-order valence-electron chi connectivity index (χ0n) is 9.39. The minimum atomic E-state index is -0.0614. The Bertz CT molecular complexity index is 491. The van der Waals surface area contributed by atoms with E-state index in [-0.39, 0.29) is 5.91 Å². The summed E-state index contributed by atoms with van der Waals surface area (Å²) < 4.78 is 4.89. The second-order valence-electron chi connectivity index (χ2n) is 3.80. The molecule has 0 N–H and O–H groups in total. The fraction of sp³-hybridized carbons (Fsp3) is 0.154. The molecule has 17 heavy (non-hydrogen) atoms.